The van der Waals surface area contributed by atoms with E-state index < -0.39 is 11.7 Å². The summed E-state index contributed by atoms with van der Waals surface area (Å²) in [4.78, 5) is 21.8. The predicted molar refractivity (Wildman–Crippen MR) is 128 cm³/mol. The molecule has 0 atom stereocenters. The van der Waals surface area contributed by atoms with Crippen LogP contribution in [0.25, 0.3) is 22.6 Å². The third kappa shape index (κ3) is 4.97. The summed E-state index contributed by atoms with van der Waals surface area (Å²) in [5.41, 5.74) is 2.37. The van der Waals surface area contributed by atoms with E-state index in [2.05, 4.69) is 30.6 Å². The van der Waals surface area contributed by atoms with Gasteiger partial charge in [-0.2, -0.15) is 10.2 Å². The van der Waals surface area contributed by atoms with Gasteiger partial charge in [-0.1, -0.05) is 6.07 Å². The predicted octanol–water partition coefficient (Wildman–Crippen LogP) is 4.64. The van der Waals surface area contributed by atoms with Crippen LogP contribution in [0.3, 0.4) is 0 Å². The molecule has 4 aromatic rings. The number of rotatable bonds is 7. The van der Waals surface area contributed by atoms with Crippen molar-refractivity contribution in [2.45, 2.75) is 44.8 Å². The molecular weight excluding hydrogens is 449 g/mol. The molecule has 9 nitrogen and oxygen atoms in total. The van der Waals surface area contributed by atoms with Gasteiger partial charge < -0.3 is 10.1 Å². The fourth-order valence-electron chi connectivity index (χ4n) is 4.42. The zero-order valence-corrected chi connectivity index (χ0v) is 19.3. The van der Waals surface area contributed by atoms with Gasteiger partial charge in [0, 0.05) is 30.8 Å². The van der Waals surface area contributed by atoms with Gasteiger partial charge in [-0.3, -0.25) is 19.6 Å². The molecule has 5 rings (SSSR count). The van der Waals surface area contributed by atoms with Crippen molar-refractivity contribution in [1.82, 2.24) is 29.9 Å². The highest BCUT2D eigenvalue weighted by Gasteiger charge is 2.26. The Balaban J connectivity index is 1.43. The van der Waals surface area contributed by atoms with E-state index in [9.17, 15) is 9.18 Å². The Kier molecular flexibility index (Phi) is 6.62. The number of hydrogen-bond donors (Lipinski definition) is 2. The number of aromatic amines is 1. The largest absolute Gasteiger partial charge is 0.379 e. The van der Waals surface area contributed by atoms with E-state index in [4.69, 9.17) is 4.74 Å². The fourth-order valence-corrected chi connectivity index (χ4v) is 4.42. The van der Waals surface area contributed by atoms with Gasteiger partial charge in [0.2, 0.25) is 0 Å². The minimum atomic E-state index is -0.506. The molecule has 0 unspecified atom stereocenters. The Bertz CT molecular complexity index is 1300. The number of hydrogen-bond acceptors (Lipinski definition) is 6. The Morgan fingerprint density at radius 3 is 2.80 bits per heavy atom. The molecule has 4 heterocycles. The van der Waals surface area contributed by atoms with E-state index in [1.807, 2.05) is 11.6 Å². The molecule has 1 aliphatic carbocycles. The third-order valence-electron chi connectivity index (χ3n) is 6.16. The molecule has 180 valence electrons. The van der Waals surface area contributed by atoms with E-state index in [0.717, 1.165) is 31.2 Å². The van der Waals surface area contributed by atoms with E-state index in [1.165, 1.54) is 18.3 Å². The van der Waals surface area contributed by atoms with Crippen molar-refractivity contribution in [2.75, 3.05) is 11.9 Å². The lowest BCUT2D eigenvalue weighted by atomic mass is 9.93. The number of nitrogens with one attached hydrogen (secondary N) is 2. The lowest BCUT2D eigenvalue weighted by Gasteiger charge is -2.28. The van der Waals surface area contributed by atoms with Crippen LogP contribution in [-0.4, -0.2) is 48.6 Å². The summed E-state index contributed by atoms with van der Waals surface area (Å²) >= 11 is 0. The van der Waals surface area contributed by atoms with Gasteiger partial charge >= 0.3 is 0 Å². The quantitative estimate of drug-likeness (QED) is 0.403. The lowest BCUT2D eigenvalue weighted by Crippen LogP contribution is -2.24. The Hall–Kier alpha value is -3.92. The van der Waals surface area contributed by atoms with Crippen LogP contribution in [0.1, 0.15) is 49.1 Å². The summed E-state index contributed by atoms with van der Waals surface area (Å²) in [5.74, 6) is -0.930. The molecule has 0 bridgehead atoms. The number of ether oxygens (including phenoxy) is 1. The number of H-pyrrole nitrogens is 1. The summed E-state index contributed by atoms with van der Waals surface area (Å²) < 4.78 is 22.2. The highest BCUT2D eigenvalue weighted by Crippen LogP contribution is 2.34. The van der Waals surface area contributed by atoms with Crippen molar-refractivity contribution in [3.63, 3.8) is 0 Å². The van der Waals surface area contributed by atoms with Crippen molar-refractivity contribution in [3.05, 3.63) is 66.6 Å². The van der Waals surface area contributed by atoms with Gasteiger partial charge in [-0.25, -0.2) is 9.37 Å². The molecule has 0 aromatic carbocycles. The number of anilines is 1. The third-order valence-corrected chi connectivity index (χ3v) is 6.16. The van der Waals surface area contributed by atoms with Crippen LogP contribution in [0, 0.1) is 5.82 Å². The number of nitrogens with zero attached hydrogens (tertiary/aromatic N) is 5. The molecule has 1 amide bonds. The van der Waals surface area contributed by atoms with Crippen molar-refractivity contribution in [1.29, 1.82) is 0 Å². The molecule has 35 heavy (non-hydrogen) atoms. The van der Waals surface area contributed by atoms with Gasteiger partial charge in [0.15, 0.2) is 5.82 Å². The van der Waals surface area contributed by atoms with Crippen LogP contribution in [0.5, 0.6) is 0 Å². The first-order chi connectivity index (χ1) is 17.1. The maximum absolute atomic E-state index is 14.7. The average molecular weight is 476 g/mol. The average Bonchev–Trinajstić information content (AvgIpc) is 3.56. The van der Waals surface area contributed by atoms with Gasteiger partial charge in [-0.15, -0.1) is 0 Å². The van der Waals surface area contributed by atoms with Crippen LogP contribution < -0.4 is 5.32 Å². The first-order valence-corrected chi connectivity index (χ1v) is 11.7. The lowest BCUT2D eigenvalue weighted by molar-refractivity contribution is 0.0260. The summed E-state index contributed by atoms with van der Waals surface area (Å²) in [7, 11) is 0. The number of carbonyl (C=O) groups is 1. The SMILES string of the molecule is CCO[C@H]1CC[C@H](n2cc(NC(=O)c3cccc(-c4cn[nH]c4)n3)c(-c3ncccc3F)n2)CC1. The second-order valence-corrected chi connectivity index (χ2v) is 8.44. The van der Waals surface area contributed by atoms with Crippen LogP contribution in [0.4, 0.5) is 10.1 Å². The minimum Gasteiger partial charge on any atom is -0.379 e. The van der Waals surface area contributed by atoms with Crippen molar-refractivity contribution >= 4 is 11.6 Å². The van der Waals surface area contributed by atoms with Crippen LogP contribution in [-0.2, 0) is 4.74 Å². The zero-order valence-electron chi connectivity index (χ0n) is 19.3. The molecule has 4 aromatic heterocycles. The maximum Gasteiger partial charge on any atom is 0.274 e. The zero-order chi connectivity index (χ0) is 24.2. The number of amides is 1. The van der Waals surface area contributed by atoms with Gasteiger partial charge in [0.1, 0.15) is 17.1 Å². The van der Waals surface area contributed by atoms with Crippen molar-refractivity contribution < 1.29 is 13.9 Å². The maximum atomic E-state index is 14.7. The monoisotopic (exact) mass is 475 g/mol. The molecule has 0 radical (unpaired) electrons. The Morgan fingerprint density at radius 2 is 2.06 bits per heavy atom. The van der Waals surface area contributed by atoms with Gasteiger partial charge in [0.25, 0.3) is 5.91 Å². The topological polar surface area (TPSA) is 111 Å². The molecule has 0 spiro atoms. The van der Waals surface area contributed by atoms with E-state index in [0.29, 0.717) is 18.0 Å². The highest BCUT2D eigenvalue weighted by molar-refractivity contribution is 6.04. The number of aromatic nitrogens is 6. The highest BCUT2D eigenvalue weighted by atomic mass is 19.1. The summed E-state index contributed by atoms with van der Waals surface area (Å²) in [5, 5.41) is 14.2. The molecule has 1 aliphatic rings. The van der Waals surface area contributed by atoms with Crippen molar-refractivity contribution in [3.8, 4) is 22.6 Å². The summed E-state index contributed by atoms with van der Waals surface area (Å²) in [6, 6.07) is 8.16. The first-order valence-electron chi connectivity index (χ1n) is 11.7. The van der Waals surface area contributed by atoms with Gasteiger partial charge in [0.05, 0.1) is 29.7 Å². The van der Waals surface area contributed by atoms with Crippen molar-refractivity contribution in [2.24, 2.45) is 0 Å². The Morgan fingerprint density at radius 1 is 1.20 bits per heavy atom. The molecular formula is C25H26FN7O2. The number of halogens is 1. The second-order valence-electron chi connectivity index (χ2n) is 8.44. The smallest absolute Gasteiger partial charge is 0.274 e. The van der Waals surface area contributed by atoms with E-state index >= 15 is 0 Å². The first kappa shape index (κ1) is 22.9. The molecule has 10 heteroatoms. The Labute approximate surface area is 201 Å². The summed E-state index contributed by atoms with van der Waals surface area (Å²) in [6.07, 6.45) is 10.5. The minimum absolute atomic E-state index is 0.0876. The normalized spacial score (nSPS) is 17.9. The second kappa shape index (κ2) is 10.1. The molecule has 1 fully saturated rings. The standard InChI is InChI=1S/C25H26FN7O2/c1-2-35-18-10-8-17(9-11-18)33-15-22(24(32-33)23-19(26)5-4-12-27-23)31-25(34)21-7-3-6-20(30-21)16-13-28-29-14-16/h3-7,12-15,17-18H,2,8-11H2,1H3,(H,28,29)(H,31,34)/t17-,18-. The number of carbonyl (C=O) groups excluding carboxylic acids is 1. The van der Waals surface area contributed by atoms with Crippen LogP contribution >= 0.6 is 0 Å². The van der Waals surface area contributed by atoms with Gasteiger partial charge in [-0.05, 0) is 56.9 Å². The number of pyridine rings is 2. The van der Waals surface area contributed by atoms with E-state index in [1.54, 1.807) is 36.8 Å². The fraction of sp³-hybridized carbons (Fsp3) is 0.320. The summed E-state index contributed by atoms with van der Waals surface area (Å²) in [6.45, 7) is 2.70. The van der Waals surface area contributed by atoms with Crippen LogP contribution in [0.2, 0.25) is 0 Å². The molecule has 1 saturated carbocycles. The van der Waals surface area contributed by atoms with E-state index in [-0.39, 0.29) is 29.2 Å². The molecule has 0 aliphatic heterocycles. The molecule has 2 N–H and O–H groups in total. The van der Waals surface area contributed by atoms with Crippen LogP contribution in [0.15, 0.2) is 55.1 Å². The molecule has 0 saturated heterocycles.